The van der Waals surface area contributed by atoms with Crippen molar-refractivity contribution in [3.8, 4) is 0 Å². The Bertz CT molecular complexity index is 1130. The largest absolute Gasteiger partial charge is 0.301 e. The molecule has 0 saturated heterocycles. The summed E-state index contributed by atoms with van der Waals surface area (Å²) in [5, 5.41) is 0.637. The van der Waals surface area contributed by atoms with Crippen molar-refractivity contribution in [2.75, 3.05) is 0 Å². The van der Waals surface area contributed by atoms with E-state index in [1.54, 1.807) is 18.6 Å². The molecule has 7 heteroatoms. The monoisotopic (exact) mass is 415 g/mol. The maximum Gasteiger partial charge on any atom is 0.255 e. The molecule has 4 aromatic rings. The van der Waals surface area contributed by atoms with Crippen LogP contribution in [0.1, 0.15) is 27.9 Å². The third kappa shape index (κ3) is 5.39. The third-order valence-corrected chi connectivity index (χ3v) is 5.61. The van der Waals surface area contributed by atoms with E-state index in [9.17, 15) is 4.79 Å². The zero-order valence-corrected chi connectivity index (χ0v) is 17.2. The summed E-state index contributed by atoms with van der Waals surface area (Å²) < 4.78 is 0. The van der Waals surface area contributed by atoms with Gasteiger partial charge in [0.25, 0.3) is 5.56 Å². The van der Waals surface area contributed by atoms with Crippen LogP contribution in [0.5, 0.6) is 0 Å². The fourth-order valence-electron chi connectivity index (χ4n) is 3.14. The molecule has 30 heavy (non-hydrogen) atoms. The summed E-state index contributed by atoms with van der Waals surface area (Å²) in [7, 11) is 0. The number of benzene rings is 1. The van der Waals surface area contributed by atoms with Gasteiger partial charge in [0, 0.05) is 42.5 Å². The van der Waals surface area contributed by atoms with Crippen molar-refractivity contribution in [1.82, 2.24) is 24.9 Å². The Balaban J connectivity index is 1.59. The highest BCUT2D eigenvalue weighted by Gasteiger charge is 2.14. The summed E-state index contributed by atoms with van der Waals surface area (Å²) in [5.74, 6) is 0.748. The molecule has 0 aliphatic heterocycles. The van der Waals surface area contributed by atoms with E-state index in [0.29, 0.717) is 23.6 Å². The second-order valence-corrected chi connectivity index (χ2v) is 7.82. The SMILES string of the molecule is O=c1[nH]c(SCc2ccccc2)nc(CCc2cccnc2)c1Cc1cncnc1. The second kappa shape index (κ2) is 9.93. The van der Waals surface area contributed by atoms with E-state index >= 15 is 0 Å². The van der Waals surface area contributed by atoms with E-state index < -0.39 is 0 Å². The Hall–Kier alpha value is -3.32. The number of thioether (sulfide) groups is 1. The molecule has 0 unspecified atom stereocenters. The number of pyridine rings is 1. The number of hydrogen-bond donors (Lipinski definition) is 1. The van der Waals surface area contributed by atoms with Crippen molar-refractivity contribution in [3.05, 3.63) is 112 Å². The number of aryl methyl sites for hydroxylation is 2. The zero-order chi connectivity index (χ0) is 20.6. The summed E-state index contributed by atoms with van der Waals surface area (Å²) in [6, 6.07) is 14.1. The van der Waals surface area contributed by atoms with Crippen LogP contribution in [0.2, 0.25) is 0 Å². The van der Waals surface area contributed by atoms with Crippen molar-refractivity contribution in [3.63, 3.8) is 0 Å². The van der Waals surface area contributed by atoms with Crippen LogP contribution in [-0.4, -0.2) is 24.9 Å². The molecule has 3 heterocycles. The molecular weight excluding hydrogens is 394 g/mol. The third-order valence-electron chi connectivity index (χ3n) is 4.67. The highest BCUT2D eigenvalue weighted by molar-refractivity contribution is 7.98. The fraction of sp³-hybridized carbons (Fsp3) is 0.174. The van der Waals surface area contributed by atoms with Gasteiger partial charge in [-0.15, -0.1) is 0 Å². The van der Waals surface area contributed by atoms with Gasteiger partial charge < -0.3 is 4.98 Å². The molecule has 0 fully saturated rings. The lowest BCUT2D eigenvalue weighted by Gasteiger charge is -2.10. The van der Waals surface area contributed by atoms with Gasteiger partial charge in [-0.1, -0.05) is 48.2 Å². The predicted octanol–water partition coefficient (Wildman–Crippen LogP) is 3.62. The zero-order valence-electron chi connectivity index (χ0n) is 16.4. The van der Waals surface area contributed by atoms with Gasteiger partial charge in [-0.2, -0.15) is 0 Å². The van der Waals surface area contributed by atoms with E-state index in [1.807, 2.05) is 36.5 Å². The van der Waals surface area contributed by atoms with Gasteiger partial charge in [0.05, 0.1) is 5.69 Å². The van der Waals surface area contributed by atoms with E-state index in [-0.39, 0.29) is 5.56 Å². The van der Waals surface area contributed by atoms with E-state index in [4.69, 9.17) is 4.98 Å². The average Bonchev–Trinajstić information content (AvgIpc) is 2.80. The summed E-state index contributed by atoms with van der Waals surface area (Å²) in [5.41, 5.74) is 4.56. The molecular formula is C23H21N5OS. The fourth-order valence-corrected chi connectivity index (χ4v) is 3.97. The van der Waals surface area contributed by atoms with Crippen LogP contribution in [0.15, 0.2) is 83.5 Å². The second-order valence-electron chi connectivity index (χ2n) is 6.86. The molecule has 1 aromatic carbocycles. The highest BCUT2D eigenvalue weighted by Crippen LogP contribution is 2.20. The first kappa shape index (κ1) is 20.0. The number of aromatic nitrogens is 5. The smallest absolute Gasteiger partial charge is 0.255 e. The van der Waals surface area contributed by atoms with E-state index in [1.165, 1.54) is 23.7 Å². The first-order valence-electron chi connectivity index (χ1n) is 9.69. The number of nitrogens with zero attached hydrogens (tertiary/aromatic N) is 4. The van der Waals surface area contributed by atoms with Crippen LogP contribution in [-0.2, 0) is 25.0 Å². The van der Waals surface area contributed by atoms with E-state index in [0.717, 1.165) is 29.0 Å². The van der Waals surface area contributed by atoms with Gasteiger partial charge >= 0.3 is 0 Å². The standard InChI is InChI=1S/C23H21N5OS/c29-22-20(11-19-13-25-16-26-14-19)21(9-8-17-7-4-10-24-12-17)27-23(28-22)30-15-18-5-2-1-3-6-18/h1-7,10,12-14,16H,8-9,11,15H2,(H,27,28,29). The lowest BCUT2D eigenvalue weighted by Crippen LogP contribution is -2.20. The number of aromatic amines is 1. The number of H-pyrrole nitrogens is 1. The minimum atomic E-state index is -0.106. The van der Waals surface area contributed by atoms with Crippen molar-refractivity contribution in [2.45, 2.75) is 30.2 Å². The maximum atomic E-state index is 12.9. The van der Waals surface area contributed by atoms with Gasteiger partial charge in [0.1, 0.15) is 6.33 Å². The summed E-state index contributed by atoms with van der Waals surface area (Å²) in [6.07, 6.45) is 10.4. The summed E-state index contributed by atoms with van der Waals surface area (Å²) in [4.78, 5) is 33.0. The van der Waals surface area contributed by atoms with Crippen molar-refractivity contribution < 1.29 is 0 Å². The molecule has 0 bridgehead atoms. The molecule has 6 nitrogen and oxygen atoms in total. The quantitative estimate of drug-likeness (QED) is 0.349. The van der Waals surface area contributed by atoms with Crippen LogP contribution in [0.25, 0.3) is 0 Å². The lowest BCUT2D eigenvalue weighted by atomic mass is 10.0. The molecule has 0 amide bonds. The Kier molecular flexibility index (Phi) is 6.61. The molecule has 3 aromatic heterocycles. The van der Waals surface area contributed by atoms with Crippen LogP contribution in [0.3, 0.4) is 0 Å². The lowest BCUT2D eigenvalue weighted by molar-refractivity contribution is 0.797. The van der Waals surface area contributed by atoms with Crippen LogP contribution in [0.4, 0.5) is 0 Å². The first-order valence-corrected chi connectivity index (χ1v) is 10.7. The molecule has 0 atom stereocenters. The molecule has 0 aliphatic rings. The predicted molar refractivity (Wildman–Crippen MR) is 117 cm³/mol. The Morgan fingerprint density at radius 3 is 2.37 bits per heavy atom. The van der Waals surface area contributed by atoms with Gasteiger partial charge in [-0.25, -0.2) is 15.0 Å². The molecule has 1 N–H and O–H groups in total. The van der Waals surface area contributed by atoms with Gasteiger partial charge in [-0.05, 0) is 35.6 Å². The molecule has 0 spiro atoms. The normalized spacial score (nSPS) is 10.8. The number of hydrogen-bond acceptors (Lipinski definition) is 6. The molecule has 150 valence electrons. The highest BCUT2D eigenvalue weighted by atomic mass is 32.2. The first-order chi connectivity index (χ1) is 14.8. The molecule has 4 rings (SSSR count). The Labute approximate surface area is 178 Å². The Morgan fingerprint density at radius 1 is 0.833 bits per heavy atom. The van der Waals surface area contributed by atoms with Crippen molar-refractivity contribution in [2.24, 2.45) is 0 Å². The maximum absolute atomic E-state index is 12.9. The van der Waals surface area contributed by atoms with Crippen molar-refractivity contribution >= 4 is 11.8 Å². The molecule has 0 radical (unpaired) electrons. The van der Waals surface area contributed by atoms with Crippen LogP contribution >= 0.6 is 11.8 Å². The van der Waals surface area contributed by atoms with E-state index in [2.05, 4.69) is 32.1 Å². The number of nitrogens with one attached hydrogen (secondary N) is 1. The summed E-state index contributed by atoms with van der Waals surface area (Å²) >= 11 is 1.53. The van der Waals surface area contributed by atoms with Crippen molar-refractivity contribution in [1.29, 1.82) is 0 Å². The minimum Gasteiger partial charge on any atom is -0.301 e. The molecule has 0 saturated carbocycles. The minimum absolute atomic E-state index is 0.106. The van der Waals surface area contributed by atoms with Gasteiger partial charge in [-0.3, -0.25) is 9.78 Å². The number of rotatable bonds is 8. The van der Waals surface area contributed by atoms with Crippen LogP contribution < -0.4 is 5.56 Å². The van der Waals surface area contributed by atoms with Gasteiger partial charge in [0.15, 0.2) is 5.16 Å². The average molecular weight is 416 g/mol. The summed E-state index contributed by atoms with van der Waals surface area (Å²) in [6.45, 7) is 0. The topological polar surface area (TPSA) is 84.4 Å². The molecule has 0 aliphatic carbocycles. The van der Waals surface area contributed by atoms with Gasteiger partial charge in [0.2, 0.25) is 0 Å². The van der Waals surface area contributed by atoms with Crippen LogP contribution in [0, 0.1) is 0 Å². The Morgan fingerprint density at radius 2 is 1.60 bits per heavy atom.